The van der Waals surface area contributed by atoms with Crippen LogP contribution in [0, 0.1) is 10.1 Å². The maximum atomic E-state index is 10.7. The summed E-state index contributed by atoms with van der Waals surface area (Å²) in [5, 5.41) is 13.8. The first-order chi connectivity index (χ1) is 6.52. The van der Waals surface area contributed by atoms with Gasteiger partial charge in [0.2, 0.25) is 0 Å². The van der Waals surface area contributed by atoms with Gasteiger partial charge in [-0.2, -0.15) is 0 Å². The third-order valence-electron chi connectivity index (χ3n) is 2.68. The topological polar surface area (TPSA) is 55.2 Å². The minimum absolute atomic E-state index is 0.0125. The highest BCUT2D eigenvalue weighted by atomic mass is 16.6. The Balaban J connectivity index is 2.61. The molecule has 4 heteroatoms. The molecule has 1 aliphatic heterocycles. The summed E-state index contributed by atoms with van der Waals surface area (Å²) in [6, 6.07) is 5.22. The molecule has 0 fully saturated rings. The molecule has 0 radical (unpaired) electrons. The Morgan fingerprint density at radius 2 is 2.21 bits per heavy atom. The van der Waals surface area contributed by atoms with E-state index >= 15 is 0 Å². The van der Waals surface area contributed by atoms with Crippen molar-refractivity contribution in [2.45, 2.75) is 19.3 Å². The van der Waals surface area contributed by atoms with Crippen LogP contribution in [0.2, 0.25) is 0 Å². The molecule has 74 valence electrons. The second-order valence-corrected chi connectivity index (χ2v) is 4.19. The highest BCUT2D eigenvalue weighted by Gasteiger charge is 2.33. The Hall–Kier alpha value is -1.58. The zero-order valence-electron chi connectivity index (χ0n) is 8.20. The predicted octanol–water partition coefficient (Wildman–Crippen LogP) is 2.30. The molecule has 2 rings (SSSR count). The van der Waals surface area contributed by atoms with Gasteiger partial charge in [-0.25, -0.2) is 0 Å². The van der Waals surface area contributed by atoms with E-state index in [4.69, 9.17) is 0 Å². The maximum Gasteiger partial charge on any atom is 0.292 e. The third-order valence-corrected chi connectivity index (χ3v) is 2.68. The molecule has 0 atom stereocenters. The van der Waals surface area contributed by atoms with Crippen LogP contribution < -0.4 is 5.32 Å². The Bertz CT molecular complexity index is 399. The van der Waals surface area contributed by atoms with E-state index in [1.165, 1.54) is 6.07 Å². The van der Waals surface area contributed by atoms with Crippen molar-refractivity contribution in [3.8, 4) is 0 Å². The lowest BCUT2D eigenvalue weighted by Crippen LogP contribution is -2.18. The van der Waals surface area contributed by atoms with Crippen molar-refractivity contribution in [2.75, 3.05) is 11.9 Å². The number of nitrogens with zero attached hydrogens (tertiary/aromatic N) is 1. The molecule has 0 aromatic heterocycles. The van der Waals surface area contributed by atoms with E-state index in [1.54, 1.807) is 6.07 Å². The van der Waals surface area contributed by atoms with Crippen molar-refractivity contribution in [3.05, 3.63) is 33.9 Å². The molecule has 1 heterocycles. The fourth-order valence-corrected chi connectivity index (χ4v) is 1.85. The number of nitrogens with one attached hydrogen (secondary N) is 1. The van der Waals surface area contributed by atoms with Crippen molar-refractivity contribution in [1.29, 1.82) is 0 Å². The Kier molecular flexibility index (Phi) is 1.74. The van der Waals surface area contributed by atoms with E-state index in [-0.39, 0.29) is 16.0 Å². The van der Waals surface area contributed by atoms with Crippen LogP contribution in [0.4, 0.5) is 11.4 Å². The third kappa shape index (κ3) is 1.14. The number of fused-ring (bicyclic) bond motifs is 1. The van der Waals surface area contributed by atoms with Crippen LogP contribution in [-0.2, 0) is 5.41 Å². The van der Waals surface area contributed by atoms with Crippen molar-refractivity contribution < 1.29 is 4.92 Å². The lowest BCUT2D eigenvalue weighted by atomic mass is 9.87. The van der Waals surface area contributed by atoms with Gasteiger partial charge in [0, 0.05) is 18.0 Å². The molecule has 0 bridgehead atoms. The second kappa shape index (κ2) is 2.70. The SMILES string of the molecule is CC1(C)CNc2c([N+](=O)[O-])cccc21. The van der Waals surface area contributed by atoms with Gasteiger partial charge in [0.25, 0.3) is 5.69 Å². The molecule has 1 aromatic carbocycles. The molecule has 0 unspecified atom stereocenters. The van der Waals surface area contributed by atoms with Crippen molar-refractivity contribution in [3.63, 3.8) is 0 Å². The lowest BCUT2D eigenvalue weighted by Gasteiger charge is -2.16. The number of nitro benzene ring substituents is 1. The average Bonchev–Trinajstić information content (AvgIpc) is 2.42. The summed E-state index contributed by atoms with van der Waals surface area (Å²) in [5.41, 5.74) is 1.88. The number of nitro groups is 1. The number of hydrogen-bond acceptors (Lipinski definition) is 3. The Labute approximate surface area is 82.1 Å². The van der Waals surface area contributed by atoms with Gasteiger partial charge in [0.15, 0.2) is 0 Å². The first-order valence-corrected chi connectivity index (χ1v) is 4.54. The molecule has 1 aromatic rings. The fraction of sp³-hybridized carbons (Fsp3) is 0.400. The lowest BCUT2D eigenvalue weighted by molar-refractivity contribution is -0.383. The van der Waals surface area contributed by atoms with Crippen molar-refractivity contribution >= 4 is 11.4 Å². The smallest absolute Gasteiger partial charge is 0.292 e. The first-order valence-electron chi connectivity index (χ1n) is 4.54. The van der Waals surface area contributed by atoms with Gasteiger partial charge in [-0.3, -0.25) is 10.1 Å². The van der Waals surface area contributed by atoms with E-state index in [0.717, 1.165) is 12.1 Å². The number of anilines is 1. The van der Waals surface area contributed by atoms with Gasteiger partial charge in [0.1, 0.15) is 5.69 Å². The molecule has 0 spiro atoms. The molecule has 14 heavy (non-hydrogen) atoms. The van der Waals surface area contributed by atoms with Gasteiger partial charge in [-0.1, -0.05) is 26.0 Å². The monoisotopic (exact) mass is 192 g/mol. The number of rotatable bonds is 1. The summed E-state index contributed by atoms with van der Waals surface area (Å²) < 4.78 is 0. The Morgan fingerprint density at radius 1 is 1.50 bits per heavy atom. The number of benzene rings is 1. The zero-order chi connectivity index (χ0) is 10.3. The largest absolute Gasteiger partial charge is 0.378 e. The summed E-state index contributed by atoms with van der Waals surface area (Å²) >= 11 is 0. The van der Waals surface area contributed by atoms with Crippen molar-refractivity contribution in [1.82, 2.24) is 0 Å². The average molecular weight is 192 g/mol. The predicted molar refractivity (Wildman–Crippen MR) is 54.6 cm³/mol. The van der Waals surface area contributed by atoms with Crippen LogP contribution in [-0.4, -0.2) is 11.5 Å². The molecule has 1 N–H and O–H groups in total. The van der Waals surface area contributed by atoms with E-state index in [0.29, 0.717) is 5.69 Å². The summed E-state index contributed by atoms with van der Waals surface area (Å²) in [6.45, 7) is 4.91. The van der Waals surface area contributed by atoms with E-state index in [9.17, 15) is 10.1 Å². The van der Waals surface area contributed by atoms with Gasteiger partial charge in [-0.15, -0.1) is 0 Å². The normalized spacial score (nSPS) is 17.3. The summed E-state index contributed by atoms with van der Waals surface area (Å²) in [4.78, 5) is 10.4. The second-order valence-electron chi connectivity index (χ2n) is 4.19. The minimum atomic E-state index is -0.340. The van der Waals surface area contributed by atoms with E-state index in [2.05, 4.69) is 19.2 Å². The van der Waals surface area contributed by atoms with Crippen LogP contribution in [0.15, 0.2) is 18.2 Å². The van der Waals surface area contributed by atoms with Crippen LogP contribution in [0.5, 0.6) is 0 Å². The van der Waals surface area contributed by atoms with Gasteiger partial charge in [-0.05, 0) is 5.56 Å². The Morgan fingerprint density at radius 3 is 2.86 bits per heavy atom. The molecule has 0 aliphatic carbocycles. The zero-order valence-corrected chi connectivity index (χ0v) is 8.20. The molecule has 0 amide bonds. The molecule has 1 aliphatic rings. The van der Waals surface area contributed by atoms with E-state index < -0.39 is 0 Å². The summed E-state index contributed by atoms with van der Waals surface area (Å²) in [6.07, 6.45) is 0. The first kappa shape index (κ1) is 8.99. The number of para-hydroxylation sites is 1. The van der Waals surface area contributed by atoms with Crippen LogP contribution in [0.1, 0.15) is 19.4 Å². The molecule has 0 saturated heterocycles. The highest BCUT2D eigenvalue weighted by molar-refractivity contribution is 5.71. The molecular weight excluding hydrogens is 180 g/mol. The maximum absolute atomic E-state index is 10.7. The van der Waals surface area contributed by atoms with Gasteiger partial charge < -0.3 is 5.32 Å². The molecule has 4 nitrogen and oxygen atoms in total. The number of hydrogen-bond donors (Lipinski definition) is 1. The highest BCUT2D eigenvalue weighted by Crippen LogP contribution is 2.41. The van der Waals surface area contributed by atoms with Crippen LogP contribution in [0.3, 0.4) is 0 Å². The summed E-state index contributed by atoms with van der Waals surface area (Å²) in [5.74, 6) is 0. The fourth-order valence-electron chi connectivity index (χ4n) is 1.85. The van der Waals surface area contributed by atoms with Crippen molar-refractivity contribution in [2.24, 2.45) is 0 Å². The quantitative estimate of drug-likeness (QED) is 0.548. The summed E-state index contributed by atoms with van der Waals surface area (Å²) in [7, 11) is 0. The minimum Gasteiger partial charge on any atom is -0.378 e. The standard InChI is InChI=1S/C10H12N2O2/c1-10(2)6-11-9-7(10)4-3-5-8(9)12(13)14/h3-5,11H,6H2,1-2H3. The van der Waals surface area contributed by atoms with Gasteiger partial charge in [0.05, 0.1) is 4.92 Å². The molecular formula is C10H12N2O2. The van der Waals surface area contributed by atoms with E-state index in [1.807, 2.05) is 6.07 Å². The molecule has 0 saturated carbocycles. The van der Waals surface area contributed by atoms with Crippen LogP contribution >= 0.6 is 0 Å². The van der Waals surface area contributed by atoms with Gasteiger partial charge >= 0.3 is 0 Å². The van der Waals surface area contributed by atoms with Crippen LogP contribution in [0.25, 0.3) is 0 Å².